The molecule has 0 radical (unpaired) electrons. The highest BCUT2D eigenvalue weighted by Gasteiger charge is 2.28. The first-order chi connectivity index (χ1) is 10.8. The number of hydrogen-bond donors (Lipinski definition) is 2. The summed E-state index contributed by atoms with van der Waals surface area (Å²) in [7, 11) is 0. The molecule has 6 nitrogen and oxygen atoms in total. The largest absolute Gasteiger partial charge is 0.463 e. The Kier molecular flexibility index (Phi) is 2.86. The molecule has 22 heavy (non-hydrogen) atoms. The third-order valence-electron chi connectivity index (χ3n) is 3.54. The first-order valence-electron chi connectivity index (χ1n) is 6.84. The van der Waals surface area contributed by atoms with Crippen molar-refractivity contribution in [2.75, 3.05) is 5.32 Å². The highest BCUT2D eigenvalue weighted by molar-refractivity contribution is 6.12. The number of carbonyl (C=O) groups excluding carboxylic acids is 1. The van der Waals surface area contributed by atoms with Gasteiger partial charge in [0.2, 0.25) is 5.91 Å². The minimum Gasteiger partial charge on any atom is -0.463 e. The van der Waals surface area contributed by atoms with E-state index in [9.17, 15) is 4.79 Å². The lowest BCUT2D eigenvalue weighted by atomic mass is 10.0. The van der Waals surface area contributed by atoms with Crippen LogP contribution in [0.5, 0.6) is 0 Å². The molecule has 1 aliphatic heterocycles. The maximum atomic E-state index is 12.0. The Morgan fingerprint density at radius 2 is 2.14 bits per heavy atom. The van der Waals surface area contributed by atoms with Crippen molar-refractivity contribution < 1.29 is 9.21 Å². The normalized spacial score (nSPS) is 16.9. The summed E-state index contributed by atoms with van der Waals surface area (Å²) < 4.78 is 5.29. The average Bonchev–Trinajstić information content (AvgIpc) is 3.24. The monoisotopic (exact) mass is 292 g/mol. The van der Waals surface area contributed by atoms with Gasteiger partial charge < -0.3 is 9.73 Å². The summed E-state index contributed by atoms with van der Waals surface area (Å²) in [5, 5.41) is 9.79. The van der Waals surface area contributed by atoms with Crippen LogP contribution in [0, 0.1) is 0 Å². The van der Waals surface area contributed by atoms with Crippen molar-refractivity contribution in [3.05, 3.63) is 54.3 Å². The summed E-state index contributed by atoms with van der Waals surface area (Å²) in [6.07, 6.45) is 3.21. The topological polar surface area (TPSA) is 83.3 Å². The van der Waals surface area contributed by atoms with E-state index < -0.39 is 0 Å². The molecule has 3 aromatic rings. The van der Waals surface area contributed by atoms with Crippen molar-refractivity contribution in [1.29, 1.82) is 0 Å². The van der Waals surface area contributed by atoms with Gasteiger partial charge in [-0.1, -0.05) is 18.2 Å². The lowest BCUT2D eigenvalue weighted by Gasteiger charge is -2.00. The van der Waals surface area contributed by atoms with Crippen LogP contribution < -0.4 is 5.32 Å². The molecule has 3 heterocycles. The highest BCUT2D eigenvalue weighted by atomic mass is 16.3. The van der Waals surface area contributed by atoms with E-state index in [4.69, 9.17) is 4.42 Å². The fraction of sp³-hybridized carbons (Fsp3) is 0.0625. The molecule has 0 saturated heterocycles. The molecule has 108 valence electrons. The molecule has 0 bridgehead atoms. The van der Waals surface area contributed by atoms with Gasteiger partial charge in [-0.25, -0.2) is 4.99 Å². The summed E-state index contributed by atoms with van der Waals surface area (Å²) >= 11 is 0. The molecule has 0 aliphatic carbocycles. The first kappa shape index (κ1) is 12.6. The number of nitrogens with zero attached hydrogens (tertiary/aromatic N) is 2. The molecule has 0 fully saturated rings. The Morgan fingerprint density at radius 3 is 3.00 bits per heavy atom. The van der Waals surface area contributed by atoms with E-state index in [0.29, 0.717) is 11.6 Å². The van der Waals surface area contributed by atoms with Gasteiger partial charge in [0.15, 0.2) is 11.6 Å². The minimum atomic E-state index is -0.389. The molecule has 6 heteroatoms. The van der Waals surface area contributed by atoms with E-state index in [-0.39, 0.29) is 11.8 Å². The van der Waals surface area contributed by atoms with Crippen molar-refractivity contribution in [3.63, 3.8) is 0 Å². The van der Waals surface area contributed by atoms with Crippen LogP contribution in [0.3, 0.4) is 0 Å². The number of nitrogens with one attached hydrogen (secondary N) is 2. The van der Waals surface area contributed by atoms with Gasteiger partial charge in [0.25, 0.3) is 0 Å². The van der Waals surface area contributed by atoms with E-state index in [2.05, 4.69) is 20.5 Å². The van der Waals surface area contributed by atoms with Crippen LogP contribution in [0.25, 0.3) is 11.5 Å². The van der Waals surface area contributed by atoms with E-state index in [1.165, 1.54) is 0 Å². The summed E-state index contributed by atoms with van der Waals surface area (Å²) in [5.41, 5.74) is 2.51. The molecule has 4 rings (SSSR count). The number of anilines is 1. The molecular weight excluding hydrogens is 280 g/mol. The molecule has 1 atom stereocenters. The van der Waals surface area contributed by atoms with Gasteiger partial charge in [-0.2, -0.15) is 5.10 Å². The van der Waals surface area contributed by atoms with Crippen LogP contribution >= 0.6 is 0 Å². The summed E-state index contributed by atoms with van der Waals surface area (Å²) in [5.74, 6) is 0.730. The van der Waals surface area contributed by atoms with Crippen LogP contribution in [0.15, 0.2) is 58.1 Å². The van der Waals surface area contributed by atoms with Crippen LogP contribution in [-0.2, 0) is 4.79 Å². The third kappa shape index (κ3) is 2.10. The number of hydrogen-bond acceptors (Lipinski definition) is 4. The Labute approximate surface area is 125 Å². The van der Waals surface area contributed by atoms with E-state index in [1.54, 1.807) is 24.6 Å². The number of para-hydroxylation sites is 1. The molecule has 2 N–H and O–H groups in total. The highest BCUT2D eigenvalue weighted by Crippen LogP contribution is 2.31. The fourth-order valence-corrected chi connectivity index (χ4v) is 2.47. The second kappa shape index (κ2) is 5.00. The molecule has 1 unspecified atom stereocenters. The Balaban J connectivity index is 1.59. The number of H-pyrrole nitrogens is 1. The maximum Gasteiger partial charge on any atom is 0.237 e. The molecular formula is C16H12N4O2. The molecule has 2 aromatic heterocycles. The Morgan fingerprint density at radius 1 is 1.23 bits per heavy atom. The number of rotatable bonds is 3. The second-order valence-corrected chi connectivity index (χ2v) is 4.95. The zero-order valence-corrected chi connectivity index (χ0v) is 11.5. The van der Waals surface area contributed by atoms with Crippen LogP contribution in [-0.4, -0.2) is 22.3 Å². The van der Waals surface area contributed by atoms with Gasteiger partial charge in [0, 0.05) is 18.0 Å². The SMILES string of the molecule is O=C1Nc2ccccc2C1C=Nc1cc(-c2ccco2)[nH]n1. The van der Waals surface area contributed by atoms with Gasteiger partial charge >= 0.3 is 0 Å². The number of benzene rings is 1. The predicted molar refractivity (Wildman–Crippen MR) is 82.3 cm³/mol. The zero-order valence-electron chi connectivity index (χ0n) is 11.5. The number of aromatic amines is 1. The van der Waals surface area contributed by atoms with Crippen molar-refractivity contribution in [1.82, 2.24) is 10.2 Å². The van der Waals surface area contributed by atoms with E-state index >= 15 is 0 Å². The standard InChI is InChI=1S/C16H12N4O2/c21-16-11(10-4-1-2-5-12(10)18-16)9-17-15-8-13(19-20-15)14-6-3-7-22-14/h1-9,11H,(H,18,21)(H,19,20). The predicted octanol–water partition coefficient (Wildman–Crippen LogP) is 3.11. The number of carbonyl (C=O) groups is 1. The second-order valence-electron chi connectivity index (χ2n) is 4.95. The summed E-state index contributed by atoms with van der Waals surface area (Å²) in [6, 6.07) is 13.0. The number of aromatic nitrogens is 2. The van der Waals surface area contributed by atoms with Gasteiger partial charge in [-0.05, 0) is 23.8 Å². The van der Waals surface area contributed by atoms with Gasteiger partial charge in [-0.3, -0.25) is 9.89 Å². The quantitative estimate of drug-likeness (QED) is 0.727. The van der Waals surface area contributed by atoms with Crippen molar-refractivity contribution in [3.8, 4) is 11.5 Å². The van der Waals surface area contributed by atoms with Gasteiger partial charge in [-0.15, -0.1) is 0 Å². The Hall–Kier alpha value is -3.15. The number of amides is 1. The lowest BCUT2D eigenvalue weighted by molar-refractivity contribution is -0.115. The third-order valence-corrected chi connectivity index (χ3v) is 3.54. The molecule has 0 spiro atoms. The first-order valence-corrected chi connectivity index (χ1v) is 6.84. The lowest BCUT2D eigenvalue weighted by Crippen LogP contribution is -2.12. The number of furan rings is 1. The van der Waals surface area contributed by atoms with Crippen LogP contribution in [0.4, 0.5) is 11.5 Å². The zero-order chi connectivity index (χ0) is 14.9. The number of aliphatic imine (C=N–C) groups is 1. The average molecular weight is 292 g/mol. The minimum absolute atomic E-state index is 0.0771. The molecule has 1 aromatic carbocycles. The van der Waals surface area contributed by atoms with Gasteiger partial charge in [0.1, 0.15) is 11.6 Å². The van der Waals surface area contributed by atoms with Crippen molar-refractivity contribution in [2.45, 2.75) is 5.92 Å². The van der Waals surface area contributed by atoms with Crippen molar-refractivity contribution in [2.24, 2.45) is 4.99 Å². The van der Waals surface area contributed by atoms with Crippen LogP contribution in [0.1, 0.15) is 11.5 Å². The maximum absolute atomic E-state index is 12.0. The fourth-order valence-electron chi connectivity index (χ4n) is 2.47. The molecule has 1 amide bonds. The molecule has 1 aliphatic rings. The smallest absolute Gasteiger partial charge is 0.237 e. The summed E-state index contributed by atoms with van der Waals surface area (Å²) in [4.78, 5) is 16.3. The van der Waals surface area contributed by atoms with Gasteiger partial charge in [0.05, 0.1) is 6.26 Å². The number of fused-ring (bicyclic) bond motifs is 1. The van der Waals surface area contributed by atoms with E-state index in [1.807, 2.05) is 30.3 Å². The van der Waals surface area contributed by atoms with Crippen LogP contribution in [0.2, 0.25) is 0 Å². The Bertz CT molecular complexity index is 849. The summed E-state index contributed by atoms with van der Waals surface area (Å²) in [6.45, 7) is 0. The molecule has 0 saturated carbocycles. The van der Waals surface area contributed by atoms with E-state index in [0.717, 1.165) is 16.9 Å². The van der Waals surface area contributed by atoms with Crippen molar-refractivity contribution >= 4 is 23.6 Å².